The number of anilines is 14. The third-order valence-electron chi connectivity index (χ3n) is 16.5. The Morgan fingerprint density at radius 1 is 0.311 bits per heavy atom. The summed E-state index contributed by atoms with van der Waals surface area (Å²) in [5, 5.41) is 26.7. The van der Waals surface area contributed by atoms with Crippen molar-refractivity contribution in [3.8, 4) is 86.6 Å². The van der Waals surface area contributed by atoms with Gasteiger partial charge in [0.05, 0.1) is 92.9 Å². The summed E-state index contributed by atoms with van der Waals surface area (Å²) in [4.78, 5) is 81.0. The lowest BCUT2D eigenvalue weighted by Gasteiger charge is -2.17. The lowest BCUT2D eigenvalue weighted by atomic mass is 10.2. The van der Waals surface area contributed by atoms with E-state index in [-0.39, 0.29) is 34.5 Å². The fourth-order valence-corrected chi connectivity index (χ4v) is 10.8. The molecule has 33 nitrogen and oxygen atoms in total. The number of aromatic nitrogens is 8. The van der Waals surface area contributed by atoms with Crippen LogP contribution < -0.4 is 105 Å². The van der Waals surface area contributed by atoms with Crippen LogP contribution in [0.3, 0.4) is 0 Å². The number of nitrogens with one attached hydrogen (secondary N) is 9. The molecule has 0 spiro atoms. The number of hydrogen-bond donors (Lipinski definition) is 9. The summed E-state index contributed by atoms with van der Waals surface area (Å²) in [5.74, 6) is 7.89. The van der Waals surface area contributed by atoms with Crippen molar-refractivity contribution in [2.45, 2.75) is 20.8 Å². The van der Waals surface area contributed by atoms with Gasteiger partial charge in [0, 0.05) is 88.0 Å². The normalized spacial score (nSPS) is 10.1. The van der Waals surface area contributed by atoms with Crippen LogP contribution in [0, 0.1) is 20.8 Å². The first-order valence-electron chi connectivity index (χ1n) is 36.6. The van der Waals surface area contributed by atoms with Crippen molar-refractivity contribution in [3.05, 3.63) is 261 Å². The Morgan fingerprint density at radius 2 is 0.672 bits per heavy atom. The molecule has 0 saturated carbocycles. The highest BCUT2D eigenvalue weighted by Crippen LogP contribution is 2.46. The molecule has 12 aromatic rings. The summed E-state index contributed by atoms with van der Waals surface area (Å²) < 4.78 is 66.0. The standard InChI is InChI=1S/C23H25N5O4.C23H24N4O5.C22H22N4O4.C20H17ClN4O3/c1-6-19(29)25-15-8-7-9-16(12-15)26-22-14(2)13-24-23(28-22)27-17-10-11-18(30-3)21(32-5)20(17)31-4;1-6-19(28)25-15-8-7-9-16(12-15)32-22-14(2)13-24-23(27-22)26-17-10-11-18(29-3)21(31-5)20(17)30-4;1-5-20(27)24-15-7-6-8-17(11-15)30-21-14(2)13-23-22(26-21)25-18-10-9-16(28-3)12-19(18)29-4;1-3-18(26)23-13-7-6-8-14(11-13)28-19-15(21)12-22-20(25-19)24-16-9-4-5-10-17(16)27-2/h6-13H,1H2,2-5H3,(H,25,29)(H2,24,26,27,28);6-13H,1H2,2-5H3,(H,25,28)(H,24,26,27);5-13H,1H2,2-4H3,(H,24,27)(H,23,25,26);3-12H,1H2,2H3,(H,23,26)(H,22,24,25). The minimum atomic E-state index is -0.319. The predicted molar refractivity (Wildman–Crippen MR) is 470 cm³/mol. The third kappa shape index (κ3) is 25.4. The van der Waals surface area contributed by atoms with Crippen molar-refractivity contribution in [2.75, 3.05) is 112 Å². The molecule has 12 rings (SSSR count). The van der Waals surface area contributed by atoms with Gasteiger partial charge in [-0.1, -0.05) is 74.3 Å². The van der Waals surface area contributed by atoms with Gasteiger partial charge in [-0.05, 0) is 148 Å². The largest absolute Gasteiger partial charge is 0.497 e. The van der Waals surface area contributed by atoms with Gasteiger partial charge >= 0.3 is 0 Å². The summed E-state index contributed by atoms with van der Waals surface area (Å²) in [5.41, 5.74) is 8.03. The average Bonchev–Trinajstić information content (AvgIpc) is 0.785. The second-order valence-electron chi connectivity index (χ2n) is 24.8. The van der Waals surface area contributed by atoms with Crippen LogP contribution in [0.4, 0.5) is 80.8 Å². The van der Waals surface area contributed by atoms with Crippen LogP contribution in [0.5, 0.6) is 86.6 Å². The molecular weight excluding hydrogens is 1590 g/mol. The SMILES string of the molecule is C=CC(=O)Nc1cccc(Nc2nc(Nc3ccc(OC)c(OC)c3OC)ncc2C)c1.C=CC(=O)Nc1cccc(Oc2nc(Nc3ccc(OC)c(OC)c3OC)ncc2C)c1.C=CC(=O)Nc1cccc(Oc2nc(Nc3ccc(OC)cc3OC)ncc2C)c1.C=CC(=O)Nc1cccc(Oc2nc(Nc3ccccc3OC)ncc2Cl)c1. The van der Waals surface area contributed by atoms with Gasteiger partial charge < -0.3 is 105 Å². The van der Waals surface area contributed by atoms with Crippen LogP contribution in [0.15, 0.2) is 239 Å². The van der Waals surface area contributed by atoms with E-state index in [9.17, 15) is 19.2 Å². The van der Waals surface area contributed by atoms with Gasteiger partial charge in [0.2, 0.25) is 76.6 Å². The second-order valence-corrected chi connectivity index (χ2v) is 25.2. The Balaban J connectivity index is 0.000000185. The van der Waals surface area contributed by atoms with Gasteiger partial charge in [-0.15, -0.1) is 0 Å². The molecule has 0 aliphatic heterocycles. The van der Waals surface area contributed by atoms with Gasteiger partial charge in [-0.3, -0.25) is 19.2 Å². The second kappa shape index (κ2) is 44.8. The van der Waals surface area contributed by atoms with Crippen molar-refractivity contribution >= 4 is 116 Å². The molecule has 0 fully saturated rings. The minimum Gasteiger partial charge on any atom is -0.497 e. The molecular formula is C88H88ClN17O16. The molecule has 0 aliphatic rings. The summed E-state index contributed by atoms with van der Waals surface area (Å²) in [6.07, 6.45) is 11.2. The first-order chi connectivity index (χ1) is 59.1. The number of methoxy groups -OCH3 is 9. The molecule has 0 atom stereocenters. The molecule has 0 radical (unpaired) electrons. The molecule has 8 aromatic carbocycles. The molecule has 4 aromatic heterocycles. The molecule has 0 unspecified atom stereocenters. The smallest absolute Gasteiger partial charge is 0.247 e. The molecule has 4 heterocycles. The molecule has 122 heavy (non-hydrogen) atoms. The molecule has 4 amide bonds. The van der Waals surface area contributed by atoms with E-state index >= 15 is 0 Å². The maximum absolute atomic E-state index is 11.6. The predicted octanol–water partition coefficient (Wildman–Crippen LogP) is 18.2. The van der Waals surface area contributed by atoms with Crippen LogP contribution in [0.1, 0.15) is 16.7 Å². The molecule has 0 bridgehead atoms. The molecule has 0 aliphatic carbocycles. The highest BCUT2D eigenvalue weighted by Gasteiger charge is 2.21. The number of halogens is 1. The molecule has 9 N–H and O–H groups in total. The van der Waals surface area contributed by atoms with E-state index in [2.05, 4.69) is 114 Å². The average molecular weight is 1680 g/mol. The van der Waals surface area contributed by atoms with E-state index in [0.717, 1.165) is 22.4 Å². The van der Waals surface area contributed by atoms with Gasteiger partial charge in [-0.25, -0.2) is 19.9 Å². The highest BCUT2D eigenvalue weighted by atomic mass is 35.5. The zero-order valence-corrected chi connectivity index (χ0v) is 69.3. The fourth-order valence-electron chi connectivity index (χ4n) is 10.7. The molecule has 34 heteroatoms. The first-order valence-corrected chi connectivity index (χ1v) is 37.0. The summed E-state index contributed by atoms with van der Waals surface area (Å²) in [6.45, 7) is 19.3. The molecule has 628 valence electrons. The minimum absolute atomic E-state index is 0.168. The lowest BCUT2D eigenvalue weighted by Crippen LogP contribution is -2.07. The first kappa shape index (κ1) is 89.7. The Labute approximate surface area is 708 Å². The number of nitrogens with zero attached hydrogens (tertiary/aromatic N) is 8. The highest BCUT2D eigenvalue weighted by molar-refractivity contribution is 6.31. The lowest BCUT2D eigenvalue weighted by molar-refractivity contribution is -0.112. The fraction of sp³-hybridized carbons (Fsp3) is 0.136. The number of rotatable bonds is 33. The Hall–Kier alpha value is -16.2. The maximum atomic E-state index is 11.6. The summed E-state index contributed by atoms with van der Waals surface area (Å²) >= 11 is 6.17. The Kier molecular flexibility index (Phi) is 32.9. The van der Waals surface area contributed by atoms with Crippen LogP contribution in [-0.4, -0.2) is 127 Å². The van der Waals surface area contributed by atoms with Crippen molar-refractivity contribution in [2.24, 2.45) is 0 Å². The number of para-hydroxylation sites is 2. The van der Waals surface area contributed by atoms with Crippen molar-refractivity contribution in [3.63, 3.8) is 0 Å². The number of amides is 4. The number of aryl methyl sites for hydroxylation is 3. The van der Waals surface area contributed by atoms with E-state index in [1.165, 1.54) is 44.7 Å². The Bertz CT molecular complexity index is 5550. The number of hydrogen-bond acceptors (Lipinski definition) is 29. The quantitative estimate of drug-likeness (QED) is 0.0173. The van der Waals surface area contributed by atoms with Gasteiger partial charge in [0.1, 0.15) is 45.3 Å². The van der Waals surface area contributed by atoms with E-state index in [1.807, 2.05) is 63.2 Å². The maximum Gasteiger partial charge on any atom is 0.247 e. The van der Waals surface area contributed by atoms with Gasteiger partial charge in [0.25, 0.3) is 0 Å². The van der Waals surface area contributed by atoms with Crippen LogP contribution in [0.25, 0.3) is 0 Å². The third-order valence-corrected chi connectivity index (χ3v) is 16.8. The summed E-state index contributed by atoms with van der Waals surface area (Å²) in [6, 6.07) is 47.9. The number of carbonyl (C=O) groups is 4. The number of benzene rings is 8. The van der Waals surface area contributed by atoms with E-state index in [4.69, 9.17) is 68.4 Å². The van der Waals surface area contributed by atoms with E-state index in [1.54, 1.807) is 190 Å². The van der Waals surface area contributed by atoms with Crippen molar-refractivity contribution in [1.82, 2.24) is 39.9 Å². The zero-order valence-electron chi connectivity index (χ0n) is 68.5. The van der Waals surface area contributed by atoms with Gasteiger partial charge in [0.15, 0.2) is 23.0 Å². The zero-order chi connectivity index (χ0) is 87.6. The van der Waals surface area contributed by atoms with Gasteiger partial charge in [-0.2, -0.15) is 19.9 Å². The number of ether oxygens (including phenoxy) is 12. The Morgan fingerprint density at radius 3 is 1.10 bits per heavy atom. The van der Waals surface area contributed by atoms with Crippen molar-refractivity contribution < 1.29 is 76.0 Å². The van der Waals surface area contributed by atoms with E-state index in [0.29, 0.717) is 156 Å². The van der Waals surface area contributed by atoms with E-state index < -0.39 is 0 Å². The monoisotopic (exact) mass is 1670 g/mol. The molecule has 0 saturated heterocycles. The van der Waals surface area contributed by atoms with Crippen LogP contribution in [0.2, 0.25) is 5.02 Å². The number of carbonyl (C=O) groups excluding carboxylic acids is 4. The van der Waals surface area contributed by atoms with Crippen molar-refractivity contribution in [1.29, 1.82) is 0 Å². The van der Waals surface area contributed by atoms with Crippen LogP contribution in [-0.2, 0) is 19.2 Å². The topological polar surface area (TPSA) is 390 Å². The van der Waals surface area contributed by atoms with Crippen LogP contribution >= 0.6 is 11.6 Å². The summed E-state index contributed by atoms with van der Waals surface area (Å²) in [7, 11) is 14.0.